The van der Waals surface area contributed by atoms with Crippen LogP contribution in [-0.4, -0.2) is 27.5 Å². The van der Waals surface area contributed by atoms with Gasteiger partial charge in [-0.1, -0.05) is 24.3 Å². The minimum Gasteiger partial charge on any atom is -0.494 e. The summed E-state index contributed by atoms with van der Waals surface area (Å²) in [6.45, 7) is 5.93. The fourth-order valence-corrected chi connectivity index (χ4v) is 4.48. The van der Waals surface area contributed by atoms with Crippen molar-refractivity contribution in [3.05, 3.63) is 83.9 Å². The van der Waals surface area contributed by atoms with Gasteiger partial charge in [0.05, 0.1) is 17.2 Å². The fraction of sp³-hybridized carbons (Fsp3) is 0.208. The Kier molecular flexibility index (Phi) is 6.97. The van der Waals surface area contributed by atoms with E-state index < -0.39 is 15.9 Å². The molecule has 0 spiro atoms. The van der Waals surface area contributed by atoms with E-state index in [-0.39, 0.29) is 11.4 Å². The fourth-order valence-electron chi connectivity index (χ4n) is 3.06. The molecule has 3 aromatic rings. The van der Waals surface area contributed by atoms with E-state index in [4.69, 9.17) is 4.74 Å². The van der Waals surface area contributed by atoms with Crippen LogP contribution in [0.3, 0.4) is 0 Å². The Morgan fingerprint density at radius 3 is 2.23 bits per heavy atom. The maximum Gasteiger partial charge on any atom is 0.264 e. The molecule has 0 saturated carbocycles. The largest absolute Gasteiger partial charge is 0.494 e. The third-order valence-corrected chi connectivity index (χ3v) is 6.63. The summed E-state index contributed by atoms with van der Waals surface area (Å²) in [5.41, 5.74) is 3.19. The van der Waals surface area contributed by atoms with Gasteiger partial charge in [0.1, 0.15) is 12.3 Å². The van der Waals surface area contributed by atoms with Gasteiger partial charge in [-0.3, -0.25) is 9.10 Å². The highest BCUT2D eigenvalue weighted by Crippen LogP contribution is 2.25. The Labute approximate surface area is 183 Å². The molecule has 0 aliphatic heterocycles. The smallest absolute Gasteiger partial charge is 0.264 e. The van der Waals surface area contributed by atoms with Gasteiger partial charge >= 0.3 is 0 Å². The predicted octanol–water partition coefficient (Wildman–Crippen LogP) is 4.54. The number of amides is 1. The third-order valence-electron chi connectivity index (χ3n) is 4.84. The number of rotatable bonds is 8. The molecule has 0 atom stereocenters. The molecule has 0 saturated heterocycles. The van der Waals surface area contributed by atoms with E-state index in [0.29, 0.717) is 23.7 Å². The standard InChI is InChI=1S/C24H26N2O4S/c1-4-30-22-12-14-23(15-13-22)31(28,29)26(21-8-6-5-7-9-21)17-24(27)25-20-11-10-18(2)19(3)16-20/h5-16H,4,17H2,1-3H3,(H,25,27). The van der Waals surface area contributed by atoms with Crippen molar-refractivity contribution in [2.75, 3.05) is 22.8 Å². The zero-order chi connectivity index (χ0) is 22.4. The van der Waals surface area contributed by atoms with E-state index in [1.807, 2.05) is 32.9 Å². The average molecular weight is 439 g/mol. The molecule has 7 heteroatoms. The van der Waals surface area contributed by atoms with Crippen molar-refractivity contribution in [3.8, 4) is 5.75 Å². The molecule has 162 valence electrons. The van der Waals surface area contributed by atoms with Crippen molar-refractivity contribution < 1.29 is 17.9 Å². The number of sulfonamides is 1. The lowest BCUT2D eigenvalue weighted by molar-refractivity contribution is -0.114. The zero-order valence-corrected chi connectivity index (χ0v) is 18.6. The number of carbonyl (C=O) groups is 1. The molecule has 1 amide bonds. The van der Waals surface area contributed by atoms with Crippen molar-refractivity contribution in [1.29, 1.82) is 0 Å². The van der Waals surface area contributed by atoms with Gasteiger partial charge in [-0.15, -0.1) is 0 Å². The molecule has 0 aromatic heterocycles. The maximum absolute atomic E-state index is 13.4. The molecular weight excluding hydrogens is 412 g/mol. The summed E-state index contributed by atoms with van der Waals surface area (Å²) in [5, 5.41) is 2.79. The van der Waals surface area contributed by atoms with Gasteiger partial charge in [-0.05, 0) is 80.4 Å². The molecule has 0 heterocycles. The van der Waals surface area contributed by atoms with Gasteiger partial charge in [-0.2, -0.15) is 0 Å². The summed E-state index contributed by atoms with van der Waals surface area (Å²) in [7, 11) is -3.97. The number of nitrogens with one attached hydrogen (secondary N) is 1. The summed E-state index contributed by atoms with van der Waals surface area (Å²) < 4.78 is 33.3. The molecule has 0 aliphatic carbocycles. The van der Waals surface area contributed by atoms with Crippen LogP contribution in [0.4, 0.5) is 11.4 Å². The first-order chi connectivity index (χ1) is 14.8. The molecule has 3 rings (SSSR count). The van der Waals surface area contributed by atoms with Gasteiger partial charge in [0.25, 0.3) is 10.0 Å². The van der Waals surface area contributed by atoms with Crippen molar-refractivity contribution in [3.63, 3.8) is 0 Å². The van der Waals surface area contributed by atoms with Crippen LogP contribution in [0.15, 0.2) is 77.7 Å². The van der Waals surface area contributed by atoms with Gasteiger partial charge in [0.15, 0.2) is 0 Å². The molecule has 6 nitrogen and oxygen atoms in total. The quantitative estimate of drug-likeness (QED) is 0.560. The molecule has 0 radical (unpaired) electrons. The average Bonchev–Trinajstić information content (AvgIpc) is 2.76. The first-order valence-corrected chi connectivity index (χ1v) is 11.4. The summed E-state index contributed by atoms with van der Waals surface area (Å²) in [4.78, 5) is 12.9. The van der Waals surface area contributed by atoms with E-state index >= 15 is 0 Å². The van der Waals surface area contributed by atoms with Gasteiger partial charge in [-0.25, -0.2) is 8.42 Å². The van der Waals surface area contributed by atoms with Crippen LogP contribution < -0.4 is 14.4 Å². The van der Waals surface area contributed by atoms with Crippen LogP contribution in [0.1, 0.15) is 18.1 Å². The summed E-state index contributed by atoms with van der Waals surface area (Å²) >= 11 is 0. The third kappa shape index (κ3) is 5.44. The van der Waals surface area contributed by atoms with Crippen LogP contribution in [0.5, 0.6) is 5.75 Å². The maximum atomic E-state index is 13.4. The van der Waals surface area contributed by atoms with Crippen molar-refractivity contribution in [2.45, 2.75) is 25.7 Å². The van der Waals surface area contributed by atoms with Crippen molar-refractivity contribution in [2.24, 2.45) is 0 Å². The van der Waals surface area contributed by atoms with Crippen LogP contribution in [-0.2, 0) is 14.8 Å². The minimum absolute atomic E-state index is 0.0822. The second-order valence-corrected chi connectivity index (χ2v) is 8.96. The van der Waals surface area contributed by atoms with Crippen molar-refractivity contribution >= 4 is 27.3 Å². The van der Waals surface area contributed by atoms with Crippen LogP contribution in [0.2, 0.25) is 0 Å². The second-order valence-electron chi connectivity index (χ2n) is 7.10. The number of nitrogens with zero attached hydrogens (tertiary/aromatic N) is 1. The van der Waals surface area contributed by atoms with Crippen LogP contribution >= 0.6 is 0 Å². The molecule has 0 unspecified atom stereocenters. The normalized spacial score (nSPS) is 11.1. The SMILES string of the molecule is CCOc1ccc(S(=O)(=O)N(CC(=O)Nc2ccc(C)c(C)c2)c2ccccc2)cc1. The Hall–Kier alpha value is -3.32. The zero-order valence-electron chi connectivity index (χ0n) is 17.8. The number of ether oxygens (including phenoxy) is 1. The van der Waals surface area contributed by atoms with Gasteiger partial charge in [0.2, 0.25) is 5.91 Å². The molecule has 0 aliphatic rings. The Morgan fingerprint density at radius 1 is 0.935 bits per heavy atom. The predicted molar refractivity (Wildman–Crippen MR) is 123 cm³/mol. The molecule has 3 aromatic carbocycles. The molecule has 1 N–H and O–H groups in total. The number of hydrogen-bond acceptors (Lipinski definition) is 4. The highest BCUT2D eigenvalue weighted by atomic mass is 32.2. The Morgan fingerprint density at radius 2 is 1.61 bits per heavy atom. The van der Waals surface area contributed by atoms with E-state index in [9.17, 15) is 13.2 Å². The summed E-state index contributed by atoms with van der Waals surface area (Å²) in [6, 6.07) is 20.3. The van der Waals surface area contributed by atoms with Crippen LogP contribution in [0.25, 0.3) is 0 Å². The first kappa shape index (κ1) is 22.4. The van der Waals surface area contributed by atoms with E-state index in [1.54, 1.807) is 48.5 Å². The molecule has 0 bridgehead atoms. The lowest BCUT2D eigenvalue weighted by atomic mass is 10.1. The Bertz CT molecular complexity index is 1140. The highest BCUT2D eigenvalue weighted by molar-refractivity contribution is 7.92. The molecular formula is C24H26N2O4S. The van der Waals surface area contributed by atoms with Gasteiger partial charge < -0.3 is 10.1 Å². The van der Waals surface area contributed by atoms with Gasteiger partial charge in [0, 0.05) is 5.69 Å². The van der Waals surface area contributed by atoms with E-state index in [1.165, 1.54) is 12.1 Å². The lowest BCUT2D eigenvalue weighted by Gasteiger charge is -2.24. The summed E-state index contributed by atoms with van der Waals surface area (Å²) in [6.07, 6.45) is 0. The number of benzene rings is 3. The molecule has 0 fully saturated rings. The lowest BCUT2D eigenvalue weighted by Crippen LogP contribution is -2.38. The van der Waals surface area contributed by atoms with E-state index in [0.717, 1.165) is 15.4 Å². The van der Waals surface area contributed by atoms with Crippen molar-refractivity contribution in [1.82, 2.24) is 0 Å². The number of aryl methyl sites for hydroxylation is 2. The van der Waals surface area contributed by atoms with Crippen LogP contribution in [0, 0.1) is 13.8 Å². The first-order valence-electron chi connectivity index (χ1n) is 9.99. The topological polar surface area (TPSA) is 75.7 Å². The number of carbonyl (C=O) groups excluding carboxylic acids is 1. The minimum atomic E-state index is -3.97. The number of para-hydroxylation sites is 1. The Balaban J connectivity index is 1.89. The van der Waals surface area contributed by atoms with E-state index in [2.05, 4.69) is 5.32 Å². The second kappa shape index (κ2) is 9.66. The molecule has 31 heavy (non-hydrogen) atoms. The monoisotopic (exact) mass is 438 g/mol. The number of anilines is 2. The summed E-state index contributed by atoms with van der Waals surface area (Å²) in [5.74, 6) is 0.154. The highest BCUT2D eigenvalue weighted by Gasteiger charge is 2.27. The number of hydrogen-bond donors (Lipinski definition) is 1.